The van der Waals surface area contributed by atoms with Gasteiger partial charge in [-0.3, -0.25) is 43.2 Å². The van der Waals surface area contributed by atoms with Crippen molar-refractivity contribution in [3.8, 4) is 5.75 Å². The smallest absolute Gasteiger partial charge is 0.326 e. The standard InChI is InChI=1S/C50H67N9O14/c1-5-27(4)41(51)49(71)59-21-9-13-38(59)45(67)53-33(18-19-39(61)62)48(70)58-20-8-12-37(58)46(68)54-34(22-28-14-16-30(60)17-15-28)44(66)57-42(26(2)3)47(69)55-35(43(65)56-36(50(72)73)24-40(63)64)23-29-25-52-32-11-7-6-10-31(29)32/h6-7,10-11,14-17,25-27,33-38,41-42,52,60H,5,8-9,12-13,18-24,51H2,1-4H3,(H,53,67)(H,54,68)(H,55,69)(H,56,65)(H,57,66)(H,61,62)(H,63,64)(H,72,73)/t27-,33-,34-,35-,36-,37-,38-,41-,42-/m0/s1. The van der Waals surface area contributed by atoms with Crippen LogP contribution in [-0.4, -0.2) is 156 Å². The second kappa shape index (κ2) is 25.7. The Labute approximate surface area is 421 Å². The SMILES string of the molecule is CC[C@H](C)[C@H](N)C(=O)N1CCC[C@H]1C(=O)N[C@@H](CCC(=O)O)C(=O)N1CCC[C@H]1C(=O)N[C@@H](Cc1ccc(O)cc1)C(=O)N[C@H](C(=O)N[C@@H](Cc1c[nH]c2ccccc12)C(=O)N[C@@H](CC(=O)O)C(=O)O)C(C)C. The second-order valence-corrected chi connectivity index (χ2v) is 19.1. The number of hydrogen-bond acceptors (Lipinski definition) is 12. The molecule has 5 rings (SSSR count). The fourth-order valence-corrected chi connectivity index (χ4v) is 9.06. The van der Waals surface area contributed by atoms with Crippen LogP contribution in [0.3, 0.4) is 0 Å². The minimum atomic E-state index is -1.85. The molecule has 73 heavy (non-hydrogen) atoms. The summed E-state index contributed by atoms with van der Waals surface area (Å²) in [6.07, 6.45) is 1.25. The summed E-state index contributed by atoms with van der Waals surface area (Å²) in [5, 5.41) is 52.1. The molecule has 0 radical (unpaired) electrons. The lowest BCUT2D eigenvalue weighted by Gasteiger charge is -2.32. The van der Waals surface area contributed by atoms with E-state index in [1.165, 1.54) is 34.1 Å². The molecule has 0 bridgehead atoms. The van der Waals surface area contributed by atoms with Crippen molar-refractivity contribution in [2.75, 3.05) is 13.1 Å². The number of H-pyrrole nitrogens is 1. The van der Waals surface area contributed by atoms with Crippen LogP contribution >= 0.6 is 0 Å². The number of carboxylic acids is 3. The lowest BCUT2D eigenvalue weighted by Crippen LogP contribution is -2.61. The van der Waals surface area contributed by atoms with E-state index >= 15 is 0 Å². The number of phenolic OH excluding ortho intramolecular Hbond substituents is 1. The van der Waals surface area contributed by atoms with Gasteiger partial charge in [0.05, 0.1) is 12.5 Å². The first-order chi connectivity index (χ1) is 34.6. The number of benzene rings is 2. The highest BCUT2D eigenvalue weighted by molar-refractivity contribution is 5.99. The minimum Gasteiger partial charge on any atom is -0.508 e. The Hall–Kier alpha value is -7.56. The van der Waals surface area contributed by atoms with Gasteiger partial charge in [-0.25, -0.2) is 4.79 Å². The van der Waals surface area contributed by atoms with E-state index < -0.39 is 126 Å². The number of nitrogens with one attached hydrogen (secondary N) is 6. The van der Waals surface area contributed by atoms with Crippen molar-refractivity contribution in [1.29, 1.82) is 0 Å². The van der Waals surface area contributed by atoms with Gasteiger partial charge in [-0.15, -0.1) is 0 Å². The Kier molecular flexibility index (Phi) is 19.8. The summed E-state index contributed by atoms with van der Waals surface area (Å²) >= 11 is 0. The first kappa shape index (κ1) is 56.4. The van der Waals surface area contributed by atoms with Gasteiger partial charge in [-0.2, -0.15) is 0 Å². The topological polar surface area (TPSA) is 360 Å². The fraction of sp³-hybridized carbons (Fsp3) is 0.520. The summed E-state index contributed by atoms with van der Waals surface area (Å²) in [5.74, 6) is -10.7. The van der Waals surface area contributed by atoms with Crippen molar-refractivity contribution in [2.45, 2.75) is 140 Å². The van der Waals surface area contributed by atoms with E-state index in [4.69, 9.17) is 5.73 Å². The Morgan fingerprint density at radius 3 is 1.82 bits per heavy atom. The van der Waals surface area contributed by atoms with Crippen LogP contribution in [0, 0.1) is 11.8 Å². The largest absolute Gasteiger partial charge is 0.508 e. The molecule has 23 nitrogen and oxygen atoms in total. The molecule has 3 aromatic rings. The number of carboxylic acid groups (broad SMARTS) is 3. The number of nitrogens with two attached hydrogens (primary N) is 1. The highest BCUT2D eigenvalue weighted by Gasteiger charge is 2.43. The van der Waals surface area contributed by atoms with E-state index in [-0.39, 0.29) is 56.9 Å². The van der Waals surface area contributed by atoms with Gasteiger partial charge in [0.25, 0.3) is 0 Å². The molecule has 12 N–H and O–H groups in total. The van der Waals surface area contributed by atoms with Crippen LogP contribution in [0.4, 0.5) is 0 Å². The van der Waals surface area contributed by atoms with Gasteiger partial charge in [0, 0.05) is 49.5 Å². The second-order valence-electron chi connectivity index (χ2n) is 19.1. The summed E-state index contributed by atoms with van der Waals surface area (Å²) in [5.41, 5.74) is 7.95. The predicted molar refractivity (Wildman–Crippen MR) is 262 cm³/mol. The summed E-state index contributed by atoms with van der Waals surface area (Å²) < 4.78 is 0. The van der Waals surface area contributed by atoms with Crippen molar-refractivity contribution in [3.05, 3.63) is 65.9 Å². The van der Waals surface area contributed by atoms with E-state index in [1.54, 1.807) is 44.3 Å². The summed E-state index contributed by atoms with van der Waals surface area (Å²) in [7, 11) is 0. The van der Waals surface area contributed by atoms with Gasteiger partial charge in [0.15, 0.2) is 0 Å². The number of rotatable bonds is 25. The molecule has 2 aromatic carbocycles. The average molecular weight is 1020 g/mol. The van der Waals surface area contributed by atoms with Crippen molar-refractivity contribution < 1.29 is 68.4 Å². The third kappa shape index (κ3) is 15.0. The number of nitrogens with zero attached hydrogens (tertiary/aromatic N) is 2. The molecule has 0 aliphatic carbocycles. The number of phenols is 1. The number of aromatic hydroxyl groups is 1. The molecule has 396 valence electrons. The highest BCUT2D eigenvalue weighted by atomic mass is 16.4. The number of aromatic amines is 1. The van der Waals surface area contributed by atoms with Gasteiger partial charge >= 0.3 is 17.9 Å². The Balaban J connectivity index is 1.37. The Morgan fingerprint density at radius 2 is 1.25 bits per heavy atom. The summed E-state index contributed by atoms with van der Waals surface area (Å²) in [4.78, 5) is 139. The van der Waals surface area contributed by atoms with Crippen LogP contribution in [-0.2, 0) is 60.8 Å². The molecule has 3 heterocycles. The lowest BCUT2D eigenvalue weighted by molar-refractivity contribution is -0.147. The Bertz CT molecular complexity index is 2510. The molecular weight excluding hydrogens is 951 g/mol. The zero-order valence-electron chi connectivity index (χ0n) is 41.3. The first-order valence-electron chi connectivity index (χ1n) is 24.5. The summed E-state index contributed by atoms with van der Waals surface area (Å²) in [6, 6.07) is 2.22. The maximum atomic E-state index is 14.4. The number of carbonyl (C=O) groups excluding carboxylic acids is 7. The molecule has 0 spiro atoms. The highest BCUT2D eigenvalue weighted by Crippen LogP contribution is 2.25. The van der Waals surface area contributed by atoms with E-state index in [1.807, 2.05) is 13.8 Å². The molecule has 2 aliphatic heterocycles. The fourth-order valence-electron chi connectivity index (χ4n) is 9.06. The van der Waals surface area contributed by atoms with Crippen LogP contribution < -0.4 is 32.3 Å². The predicted octanol–water partition coefficient (Wildman–Crippen LogP) is 0.518. The number of fused-ring (bicyclic) bond motifs is 1. The average Bonchev–Trinajstić information content (AvgIpc) is 4.14. The number of hydrogen-bond donors (Lipinski definition) is 11. The van der Waals surface area contributed by atoms with E-state index in [9.17, 15) is 68.4 Å². The van der Waals surface area contributed by atoms with E-state index in [0.717, 1.165) is 0 Å². The van der Waals surface area contributed by atoms with Crippen molar-refractivity contribution in [3.63, 3.8) is 0 Å². The zero-order valence-corrected chi connectivity index (χ0v) is 41.3. The molecule has 1 aromatic heterocycles. The lowest BCUT2D eigenvalue weighted by atomic mass is 9.98. The first-order valence-corrected chi connectivity index (χ1v) is 24.5. The normalized spacial score (nSPS) is 18.4. The zero-order chi connectivity index (χ0) is 53.7. The van der Waals surface area contributed by atoms with Gasteiger partial charge in [-0.05, 0) is 73.3 Å². The number of para-hydroxylation sites is 1. The molecular formula is C50H67N9O14. The monoisotopic (exact) mass is 1020 g/mol. The van der Waals surface area contributed by atoms with Crippen LogP contribution in [0.5, 0.6) is 5.75 Å². The maximum absolute atomic E-state index is 14.4. The molecule has 23 heteroatoms. The summed E-state index contributed by atoms with van der Waals surface area (Å²) in [6.45, 7) is 7.22. The molecule has 2 fully saturated rings. The third-order valence-corrected chi connectivity index (χ3v) is 13.5. The molecule has 7 amide bonds. The Morgan fingerprint density at radius 1 is 0.685 bits per heavy atom. The number of aliphatic carboxylic acids is 3. The van der Waals surface area contributed by atoms with E-state index in [0.29, 0.717) is 41.3 Å². The van der Waals surface area contributed by atoms with Crippen LogP contribution in [0.2, 0.25) is 0 Å². The number of aromatic nitrogens is 1. The molecule has 2 saturated heterocycles. The number of amides is 7. The van der Waals surface area contributed by atoms with Crippen LogP contribution in [0.15, 0.2) is 54.7 Å². The van der Waals surface area contributed by atoms with Gasteiger partial charge < -0.3 is 67.5 Å². The van der Waals surface area contributed by atoms with Gasteiger partial charge in [-0.1, -0.05) is 64.4 Å². The van der Waals surface area contributed by atoms with Crippen LogP contribution in [0.1, 0.15) is 90.2 Å². The van der Waals surface area contributed by atoms with Crippen molar-refractivity contribution >= 4 is 70.2 Å². The molecule has 0 saturated carbocycles. The quantitative estimate of drug-likeness (QED) is 0.0551. The van der Waals surface area contributed by atoms with Gasteiger partial charge in [0.1, 0.15) is 48.0 Å². The third-order valence-electron chi connectivity index (χ3n) is 13.5. The van der Waals surface area contributed by atoms with Gasteiger partial charge in [0.2, 0.25) is 41.4 Å². The molecule has 9 atom stereocenters. The maximum Gasteiger partial charge on any atom is 0.326 e. The van der Waals surface area contributed by atoms with E-state index in [2.05, 4.69) is 31.6 Å². The van der Waals surface area contributed by atoms with Crippen LogP contribution in [0.25, 0.3) is 10.9 Å². The minimum absolute atomic E-state index is 0.0371. The van der Waals surface area contributed by atoms with Crippen molar-refractivity contribution in [2.24, 2.45) is 17.6 Å². The van der Waals surface area contributed by atoms with Crippen molar-refractivity contribution in [1.82, 2.24) is 41.4 Å². The molecule has 0 unspecified atom stereocenters. The molecule has 2 aliphatic rings. The number of carbonyl (C=O) groups is 10. The number of likely N-dealkylation sites (tertiary alicyclic amines) is 2.